The monoisotopic (exact) mass is 340 g/mol. The molecule has 0 heterocycles. The average molecular weight is 340 g/mol. The summed E-state index contributed by atoms with van der Waals surface area (Å²) in [7, 11) is 1.60. The highest BCUT2D eigenvalue weighted by Gasteiger charge is 2.22. The van der Waals surface area contributed by atoms with Crippen molar-refractivity contribution < 1.29 is 22.4 Å². The summed E-state index contributed by atoms with van der Waals surface area (Å²) in [5.41, 5.74) is -0.0521. The highest BCUT2D eigenvalue weighted by Crippen LogP contribution is 2.20. The van der Waals surface area contributed by atoms with Crippen LogP contribution in [-0.4, -0.2) is 23.9 Å². The zero-order valence-corrected chi connectivity index (χ0v) is 13.1. The van der Waals surface area contributed by atoms with E-state index in [1.165, 1.54) is 13.0 Å². The third kappa shape index (κ3) is 3.91. The van der Waals surface area contributed by atoms with Gasteiger partial charge in [0.1, 0.15) is 5.82 Å². The molecule has 0 radical (unpaired) electrons. The summed E-state index contributed by atoms with van der Waals surface area (Å²) in [6, 6.07) is 7.04. The second-order valence-electron chi connectivity index (χ2n) is 5.39. The first kappa shape index (κ1) is 17.9. The van der Waals surface area contributed by atoms with Gasteiger partial charge in [-0.25, -0.2) is 17.6 Å². The third-order valence-corrected chi connectivity index (χ3v) is 3.71. The van der Waals surface area contributed by atoms with E-state index in [1.54, 1.807) is 30.1 Å². The summed E-state index contributed by atoms with van der Waals surface area (Å²) in [4.78, 5) is 13.7. The number of hydrogen-bond donors (Lipinski definition) is 1. The SMILES string of the molecule is C[C@H](C(=O)Nc1ccc(F)c(F)c1F)N(C)Cc1ccccc1F. The molecule has 0 fully saturated rings. The summed E-state index contributed by atoms with van der Waals surface area (Å²) >= 11 is 0. The second-order valence-corrected chi connectivity index (χ2v) is 5.39. The molecule has 2 aromatic rings. The summed E-state index contributed by atoms with van der Waals surface area (Å²) in [5, 5.41) is 2.20. The molecule has 0 saturated heterocycles. The van der Waals surface area contributed by atoms with Gasteiger partial charge < -0.3 is 5.32 Å². The van der Waals surface area contributed by atoms with E-state index in [9.17, 15) is 22.4 Å². The smallest absolute Gasteiger partial charge is 0.241 e. The molecule has 0 aromatic heterocycles. The van der Waals surface area contributed by atoms with E-state index < -0.39 is 40.9 Å². The molecule has 0 saturated carbocycles. The predicted molar refractivity (Wildman–Crippen MR) is 82.3 cm³/mol. The molecule has 0 aliphatic rings. The lowest BCUT2D eigenvalue weighted by molar-refractivity contribution is -0.120. The number of likely N-dealkylation sites (N-methyl/N-ethyl adjacent to an activating group) is 1. The summed E-state index contributed by atoms with van der Waals surface area (Å²) in [5.74, 6) is -5.48. The van der Waals surface area contributed by atoms with Crippen LogP contribution in [0.5, 0.6) is 0 Å². The molecule has 2 rings (SSSR count). The Balaban J connectivity index is 2.07. The molecule has 128 valence electrons. The van der Waals surface area contributed by atoms with E-state index >= 15 is 0 Å². The van der Waals surface area contributed by atoms with Crippen LogP contribution in [0.2, 0.25) is 0 Å². The molecule has 0 spiro atoms. The zero-order valence-electron chi connectivity index (χ0n) is 13.1. The Morgan fingerprint density at radius 2 is 1.71 bits per heavy atom. The normalized spacial score (nSPS) is 12.3. The number of rotatable bonds is 5. The van der Waals surface area contributed by atoms with Crippen molar-refractivity contribution in [2.24, 2.45) is 0 Å². The molecule has 3 nitrogen and oxygen atoms in total. The fourth-order valence-electron chi connectivity index (χ4n) is 2.09. The van der Waals surface area contributed by atoms with Crippen molar-refractivity contribution in [1.29, 1.82) is 0 Å². The minimum absolute atomic E-state index is 0.154. The van der Waals surface area contributed by atoms with Gasteiger partial charge in [-0.05, 0) is 32.2 Å². The Bertz CT molecular complexity index is 751. The highest BCUT2D eigenvalue weighted by molar-refractivity contribution is 5.94. The Labute approximate surface area is 136 Å². The van der Waals surface area contributed by atoms with E-state index in [0.717, 1.165) is 12.1 Å². The van der Waals surface area contributed by atoms with Crippen molar-refractivity contribution >= 4 is 11.6 Å². The summed E-state index contributed by atoms with van der Waals surface area (Å²) in [6.07, 6.45) is 0. The fraction of sp³-hybridized carbons (Fsp3) is 0.235. The highest BCUT2D eigenvalue weighted by atomic mass is 19.2. The first-order valence-corrected chi connectivity index (χ1v) is 7.19. The number of benzene rings is 2. The molecule has 0 aliphatic carbocycles. The number of halogens is 4. The number of nitrogens with one attached hydrogen (secondary N) is 1. The molecule has 24 heavy (non-hydrogen) atoms. The van der Waals surface area contributed by atoms with Gasteiger partial charge in [0.15, 0.2) is 17.5 Å². The van der Waals surface area contributed by atoms with E-state index in [2.05, 4.69) is 5.32 Å². The largest absolute Gasteiger partial charge is 0.322 e. The number of carbonyl (C=O) groups is 1. The van der Waals surface area contributed by atoms with Crippen molar-refractivity contribution in [2.45, 2.75) is 19.5 Å². The van der Waals surface area contributed by atoms with E-state index in [4.69, 9.17) is 0 Å². The van der Waals surface area contributed by atoms with Crippen molar-refractivity contribution in [3.05, 3.63) is 65.2 Å². The zero-order chi connectivity index (χ0) is 17.9. The molecule has 1 N–H and O–H groups in total. The molecule has 7 heteroatoms. The number of hydrogen-bond acceptors (Lipinski definition) is 2. The van der Waals surface area contributed by atoms with Gasteiger partial charge >= 0.3 is 0 Å². The number of nitrogens with zero attached hydrogens (tertiary/aromatic N) is 1. The van der Waals surface area contributed by atoms with Crippen molar-refractivity contribution in [1.82, 2.24) is 4.90 Å². The summed E-state index contributed by atoms with van der Waals surface area (Å²) in [6.45, 7) is 1.69. The van der Waals surface area contributed by atoms with Gasteiger partial charge in [0.05, 0.1) is 11.7 Å². The Kier molecular flexibility index (Phi) is 5.56. The topological polar surface area (TPSA) is 32.3 Å². The molecule has 1 atom stereocenters. The van der Waals surface area contributed by atoms with E-state index in [-0.39, 0.29) is 6.54 Å². The van der Waals surface area contributed by atoms with Crippen LogP contribution >= 0.6 is 0 Å². The standard InChI is InChI=1S/C17H16F4N2O/c1-10(23(2)9-11-5-3-4-6-12(11)18)17(24)22-14-8-7-13(19)15(20)16(14)21/h3-8,10H,9H2,1-2H3,(H,22,24)/t10-/m1/s1. The van der Waals surface area contributed by atoms with Crippen LogP contribution < -0.4 is 5.32 Å². The molecule has 1 amide bonds. The summed E-state index contributed by atoms with van der Waals surface area (Å²) < 4.78 is 53.3. The molecule has 2 aromatic carbocycles. The molecular formula is C17H16F4N2O. The van der Waals surface area contributed by atoms with Gasteiger partial charge in [0.2, 0.25) is 5.91 Å². The first-order valence-electron chi connectivity index (χ1n) is 7.19. The Morgan fingerprint density at radius 3 is 2.38 bits per heavy atom. The van der Waals surface area contributed by atoms with Crippen LogP contribution in [0.3, 0.4) is 0 Å². The van der Waals surface area contributed by atoms with Crippen LogP contribution in [0.25, 0.3) is 0 Å². The van der Waals surface area contributed by atoms with Crippen LogP contribution in [0.15, 0.2) is 36.4 Å². The number of anilines is 1. The molecular weight excluding hydrogens is 324 g/mol. The van der Waals surface area contributed by atoms with Gasteiger partial charge in [0.25, 0.3) is 0 Å². The fourth-order valence-corrected chi connectivity index (χ4v) is 2.09. The maximum absolute atomic E-state index is 13.6. The predicted octanol–water partition coefficient (Wildman–Crippen LogP) is 3.70. The minimum Gasteiger partial charge on any atom is -0.322 e. The van der Waals surface area contributed by atoms with Crippen molar-refractivity contribution in [3.63, 3.8) is 0 Å². The van der Waals surface area contributed by atoms with Crippen LogP contribution in [-0.2, 0) is 11.3 Å². The number of amides is 1. The third-order valence-electron chi connectivity index (χ3n) is 3.71. The average Bonchev–Trinajstić information content (AvgIpc) is 2.56. The van der Waals surface area contributed by atoms with Gasteiger partial charge in [-0.2, -0.15) is 0 Å². The van der Waals surface area contributed by atoms with Gasteiger partial charge in [-0.3, -0.25) is 9.69 Å². The van der Waals surface area contributed by atoms with Crippen molar-refractivity contribution in [2.75, 3.05) is 12.4 Å². The molecule has 0 unspecified atom stereocenters. The van der Waals surface area contributed by atoms with Crippen molar-refractivity contribution in [3.8, 4) is 0 Å². The van der Waals surface area contributed by atoms with Gasteiger partial charge in [-0.15, -0.1) is 0 Å². The lowest BCUT2D eigenvalue weighted by Gasteiger charge is -2.24. The molecule has 0 aliphatic heterocycles. The van der Waals surface area contributed by atoms with Gasteiger partial charge in [0, 0.05) is 12.1 Å². The maximum Gasteiger partial charge on any atom is 0.241 e. The van der Waals surface area contributed by atoms with Crippen LogP contribution in [0.1, 0.15) is 12.5 Å². The lowest BCUT2D eigenvalue weighted by Crippen LogP contribution is -2.39. The van der Waals surface area contributed by atoms with Gasteiger partial charge in [-0.1, -0.05) is 18.2 Å². The van der Waals surface area contributed by atoms with E-state index in [0.29, 0.717) is 5.56 Å². The second kappa shape index (κ2) is 7.44. The van der Waals surface area contributed by atoms with Crippen LogP contribution in [0.4, 0.5) is 23.2 Å². The molecule has 0 bridgehead atoms. The van der Waals surface area contributed by atoms with E-state index in [1.807, 2.05) is 0 Å². The minimum atomic E-state index is -1.65. The first-order chi connectivity index (χ1) is 11.3. The number of carbonyl (C=O) groups excluding carboxylic acids is 1. The quantitative estimate of drug-likeness (QED) is 0.665. The van der Waals surface area contributed by atoms with Crippen LogP contribution in [0, 0.1) is 23.3 Å². The maximum atomic E-state index is 13.6. The Hall–Kier alpha value is -2.41. The Morgan fingerprint density at radius 1 is 1.04 bits per heavy atom. The lowest BCUT2D eigenvalue weighted by atomic mass is 10.1.